The minimum Gasteiger partial charge on any atom is -0.504 e. The normalized spacial score (nSPS) is 36.0. The molecule has 0 amide bonds. The van der Waals surface area contributed by atoms with Crippen LogP contribution in [0.5, 0.6) is 11.5 Å². The third-order valence-electron chi connectivity index (χ3n) is 6.80. The van der Waals surface area contributed by atoms with Crippen LogP contribution in [0.15, 0.2) is 45.6 Å². The lowest BCUT2D eigenvalue weighted by molar-refractivity contribution is -0.318. The lowest BCUT2D eigenvalue weighted by Crippen LogP contribution is -2.61. The average molecular weight is 536 g/mol. The summed E-state index contributed by atoms with van der Waals surface area (Å²) in [6, 6.07) is 8.94. The fourth-order valence-corrected chi connectivity index (χ4v) is 4.53. The third kappa shape index (κ3) is 4.73. The molecule has 2 aromatic carbocycles. The van der Waals surface area contributed by atoms with Gasteiger partial charge >= 0.3 is 0 Å². The van der Waals surface area contributed by atoms with Gasteiger partial charge < -0.3 is 59.1 Å². The van der Waals surface area contributed by atoms with Crippen LogP contribution in [0.25, 0.3) is 21.9 Å². The maximum Gasteiger partial charge on any atom is 0.229 e. The summed E-state index contributed by atoms with van der Waals surface area (Å²) < 4.78 is 27.7. The van der Waals surface area contributed by atoms with E-state index in [-0.39, 0.29) is 22.1 Å². The summed E-state index contributed by atoms with van der Waals surface area (Å²) in [6.45, 7) is 0.986. The van der Waals surface area contributed by atoms with Gasteiger partial charge in [0.05, 0.1) is 23.5 Å². The van der Waals surface area contributed by atoms with Crippen LogP contribution < -0.4 is 10.2 Å². The van der Waals surface area contributed by atoms with Crippen LogP contribution >= 0.6 is 0 Å². The first-order valence-electron chi connectivity index (χ1n) is 11.9. The molecule has 1 aromatic heterocycles. The highest BCUT2D eigenvalue weighted by Crippen LogP contribution is 2.34. The summed E-state index contributed by atoms with van der Waals surface area (Å²) in [5, 5.41) is 72.0. The highest BCUT2D eigenvalue weighted by molar-refractivity contribution is 5.91. The summed E-state index contributed by atoms with van der Waals surface area (Å²) in [6.07, 6.45) is -14.8. The number of fused-ring (bicyclic) bond motifs is 2. The van der Waals surface area contributed by atoms with Gasteiger partial charge in [-0.15, -0.1) is 0 Å². The Kier molecular flexibility index (Phi) is 7.30. The molecule has 206 valence electrons. The molecule has 7 N–H and O–H groups in total. The van der Waals surface area contributed by atoms with E-state index in [1.807, 2.05) is 0 Å². The SMILES string of the molecule is C[C@@H]1O[C@@H](OC[C@H]2O[C@@H](Oc3cc4oc5ccccc5c(=O)c4cc3O)[C@H](O)[C@@H](O)[C@@H]2O)[C@H](O)[C@H](O)[C@H]1O. The fraction of sp³-hybridized carbons (Fsp3) is 0.480. The number of aromatic hydroxyl groups is 1. The molecule has 2 fully saturated rings. The highest BCUT2D eigenvalue weighted by Gasteiger charge is 2.47. The zero-order valence-corrected chi connectivity index (χ0v) is 20.0. The average Bonchev–Trinajstić information content (AvgIpc) is 2.90. The second-order valence-corrected chi connectivity index (χ2v) is 9.39. The minimum atomic E-state index is -1.76. The molecular formula is C25H28O13. The Morgan fingerprint density at radius 3 is 2.24 bits per heavy atom. The minimum absolute atomic E-state index is 0.0885. The van der Waals surface area contributed by atoms with Gasteiger partial charge in [0, 0.05) is 6.07 Å². The van der Waals surface area contributed by atoms with E-state index in [1.165, 1.54) is 13.0 Å². The zero-order chi connectivity index (χ0) is 27.3. The molecule has 0 aliphatic carbocycles. The molecule has 2 saturated heterocycles. The van der Waals surface area contributed by atoms with Crippen LogP contribution in [0.4, 0.5) is 0 Å². The Morgan fingerprint density at radius 2 is 1.47 bits per heavy atom. The maximum atomic E-state index is 12.8. The van der Waals surface area contributed by atoms with Gasteiger partial charge in [-0.25, -0.2) is 0 Å². The first kappa shape index (κ1) is 26.7. The lowest BCUT2D eigenvalue weighted by Gasteiger charge is -2.42. The third-order valence-corrected chi connectivity index (χ3v) is 6.80. The van der Waals surface area contributed by atoms with Gasteiger partial charge in [0.2, 0.25) is 11.7 Å². The molecule has 38 heavy (non-hydrogen) atoms. The van der Waals surface area contributed by atoms with Crippen molar-refractivity contribution in [1.82, 2.24) is 0 Å². The van der Waals surface area contributed by atoms with Gasteiger partial charge in [-0.2, -0.15) is 0 Å². The topological polar surface area (TPSA) is 209 Å². The van der Waals surface area contributed by atoms with Crippen molar-refractivity contribution in [3.8, 4) is 11.5 Å². The molecule has 0 radical (unpaired) electrons. The number of para-hydroxylation sites is 1. The van der Waals surface area contributed by atoms with E-state index in [9.17, 15) is 40.5 Å². The molecule has 2 aliphatic heterocycles. The Morgan fingerprint density at radius 1 is 0.789 bits per heavy atom. The molecule has 0 unspecified atom stereocenters. The Labute approximate surface area is 214 Å². The molecule has 0 spiro atoms. The van der Waals surface area contributed by atoms with Crippen LogP contribution in [0, 0.1) is 0 Å². The van der Waals surface area contributed by atoms with Crippen molar-refractivity contribution >= 4 is 21.9 Å². The molecule has 13 heteroatoms. The quantitative estimate of drug-likeness (QED) is 0.189. The molecule has 10 atom stereocenters. The van der Waals surface area contributed by atoms with Gasteiger partial charge in [-0.05, 0) is 25.1 Å². The maximum absolute atomic E-state index is 12.8. The van der Waals surface area contributed by atoms with Gasteiger partial charge in [0.1, 0.15) is 53.9 Å². The van der Waals surface area contributed by atoms with Gasteiger partial charge in [-0.3, -0.25) is 4.79 Å². The van der Waals surface area contributed by atoms with Crippen molar-refractivity contribution in [3.63, 3.8) is 0 Å². The van der Waals surface area contributed by atoms with Crippen LogP contribution in [0.2, 0.25) is 0 Å². The predicted molar refractivity (Wildman–Crippen MR) is 127 cm³/mol. The molecule has 13 nitrogen and oxygen atoms in total. The number of rotatable bonds is 5. The summed E-state index contributed by atoms with van der Waals surface area (Å²) in [5.41, 5.74) is 0.0310. The molecule has 0 bridgehead atoms. The number of phenolic OH excluding ortho intramolecular Hbond substituents is 1. The van der Waals surface area contributed by atoms with Gasteiger partial charge in [0.25, 0.3) is 0 Å². The van der Waals surface area contributed by atoms with E-state index in [0.29, 0.717) is 11.0 Å². The number of phenols is 1. The van der Waals surface area contributed by atoms with E-state index in [4.69, 9.17) is 23.4 Å². The van der Waals surface area contributed by atoms with Crippen molar-refractivity contribution in [2.24, 2.45) is 0 Å². The number of aliphatic hydroxyl groups excluding tert-OH is 6. The molecule has 2 aliphatic rings. The van der Waals surface area contributed by atoms with E-state index in [2.05, 4.69) is 0 Å². The predicted octanol–water partition coefficient (Wildman–Crippen LogP) is -1.32. The number of hydrogen-bond donors (Lipinski definition) is 7. The highest BCUT2D eigenvalue weighted by atomic mass is 16.7. The second-order valence-electron chi connectivity index (χ2n) is 9.39. The van der Waals surface area contributed by atoms with Gasteiger partial charge in [-0.1, -0.05) is 12.1 Å². The van der Waals surface area contributed by atoms with Gasteiger partial charge in [0.15, 0.2) is 17.8 Å². The zero-order valence-electron chi connectivity index (χ0n) is 20.0. The van der Waals surface area contributed by atoms with E-state index in [1.54, 1.807) is 24.3 Å². The van der Waals surface area contributed by atoms with E-state index in [0.717, 1.165) is 6.07 Å². The van der Waals surface area contributed by atoms with Crippen LogP contribution in [-0.2, 0) is 14.2 Å². The number of hydrogen-bond acceptors (Lipinski definition) is 13. The smallest absolute Gasteiger partial charge is 0.229 e. The van der Waals surface area contributed by atoms with Crippen molar-refractivity contribution in [2.45, 2.75) is 68.3 Å². The summed E-state index contributed by atoms with van der Waals surface area (Å²) in [4.78, 5) is 12.8. The second kappa shape index (κ2) is 10.4. The Bertz CT molecular complexity index is 1360. The van der Waals surface area contributed by atoms with E-state index < -0.39 is 73.8 Å². The number of benzene rings is 2. The van der Waals surface area contributed by atoms with Crippen molar-refractivity contribution in [3.05, 3.63) is 46.6 Å². The molecule has 5 rings (SSSR count). The van der Waals surface area contributed by atoms with Crippen LogP contribution in [-0.4, -0.2) is 104 Å². The van der Waals surface area contributed by atoms with Crippen LogP contribution in [0.1, 0.15) is 6.92 Å². The lowest BCUT2D eigenvalue weighted by atomic mass is 9.98. The summed E-state index contributed by atoms with van der Waals surface area (Å²) >= 11 is 0. The summed E-state index contributed by atoms with van der Waals surface area (Å²) in [5.74, 6) is -0.704. The Balaban J connectivity index is 1.35. The van der Waals surface area contributed by atoms with E-state index >= 15 is 0 Å². The summed E-state index contributed by atoms with van der Waals surface area (Å²) in [7, 11) is 0. The van der Waals surface area contributed by atoms with Crippen molar-refractivity contribution < 1.29 is 59.1 Å². The first-order valence-corrected chi connectivity index (χ1v) is 11.9. The Hall–Kier alpha value is -2.85. The van der Waals surface area contributed by atoms with Crippen LogP contribution in [0.3, 0.4) is 0 Å². The molecule has 0 saturated carbocycles. The number of aliphatic hydroxyl groups is 6. The molecular weight excluding hydrogens is 508 g/mol. The standard InChI is InChI=1S/C25H28O13/c1-9-17(27)20(30)22(32)24(35-9)34-8-16-19(29)21(31)23(33)25(38-16)37-15-7-14-11(6-12(15)26)18(28)10-4-2-3-5-13(10)36-14/h2-7,9,16-17,19-27,29-33H,8H2,1H3/t9-,16+,17-,19+,20+,21-,22+,23+,24+,25+/m0/s1. The van der Waals surface area contributed by atoms with Crippen molar-refractivity contribution in [2.75, 3.05) is 6.61 Å². The monoisotopic (exact) mass is 536 g/mol. The first-order chi connectivity index (χ1) is 18.1. The molecule has 3 aromatic rings. The largest absolute Gasteiger partial charge is 0.504 e. The fourth-order valence-electron chi connectivity index (χ4n) is 4.53. The van der Waals surface area contributed by atoms with Crippen molar-refractivity contribution in [1.29, 1.82) is 0 Å². The number of ether oxygens (including phenoxy) is 4. The molecule has 3 heterocycles.